The summed E-state index contributed by atoms with van der Waals surface area (Å²) in [6.45, 7) is 2.63. The van der Waals surface area contributed by atoms with Crippen LogP contribution in [0.1, 0.15) is 12.8 Å². The van der Waals surface area contributed by atoms with Crippen molar-refractivity contribution in [3.63, 3.8) is 0 Å². The molecule has 9 heteroatoms. The highest BCUT2D eigenvalue weighted by atomic mass is 32.2. The van der Waals surface area contributed by atoms with Crippen molar-refractivity contribution in [2.75, 3.05) is 36.4 Å². The number of amides is 1. The highest BCUT2D eigenvalue weighted by molar-refractivity contribution is 7.92. The molecule has 2 aliphatic rings. The molecule has 148 valence electrons. The molecular weight excluding hydrogens is 378 g/mol. The van der Waals surface area contributed by atoms with Crippen LogP contribution >= 0.6 is 0 Å². The Hall–Kier alpha value is -2.52. The fourth-order valence-corrected chi connectivity index (χ4v) is 5.32. The monoisotopic (exact) mass is 401 g/mol. The van der Waals surface area contributed by atoms with Crippen LogP contribution in [0.5, 0.6) is 0 Å². The van der Waals surface area contributed by atoms with Crippen LogP contribution in [0.2, 0.25) is 0 Å². The fraction of sp³-hybridized carbons (Fsp3) is 0.421. The molecule has 3 heterocycles. The van der Waals surface area contributed by atoms with Crippen LogP contribution < -0.4 is 15.5 Å². The van der Waals surface area contributed by atoms with E-state index in [1.165, 1.54) is 0 Å². The lowest BCUT2D eigenvalue weighted by molar-refractivity contribution is -0.120. The van der Waals surface area contributed by atoms with Crippen molar-refractivity contribution < 1.29 is 13.2 Å². The van der Waals surface area contributed by atoms with Crippen molar-refractivity contribution in [3.05, 3.63) is 42.6 Å². The van der Waals surface area contributed by atoms with Crippen LogP contribution in [-0.4, -0.2) is 56.0 Å². The molecular formula is C19H23N5O3S. The van der Waals surface area contributed by atoms with E-state index in [1.54, 1.807) is 30.5 Å². The summed E-state index contributed by atoms with van der Waals surface area (Å²) in [4.78, 5) is 14.7. The zero-order chi connectivity index (χ0) is 19.6. The van der Waals surface area contributed by atoms with Crippen LogP contribution in [0.25, 0.3) is 0 Å². The quantitative estimate of drug-likeness (QED) is 0.772. The second kappa shape index (κ2) is 7.84. The molecule has 0 unspecified atom stereocenters. The van der Waals surface area contributed by atoms with E-state index in [0.29, 0.717) is 36.5 Å². The topological polar surface area (TPSA) is 104 Å². The Bertz CT molecular complexity index is 922. The van der Waals surface area contributed by atoms with Gasteiger partial charge in [-0.3, -0.25) is 4.79 Å². The molecule has 0 radical (unpaired) electrons. The second-order valence-electron chi connectivity index (χ2n) is 7.19. The molecule has 2 aliphatic heterocycles. The summed E-state index contributed by atoms with van der Waals surface area (Å²) in [5.74, 6) is 0.563. The minimum absolute atomic E-state index is 0.0749. The summed E-state index contributed by atoms with van der Waals surface area (Å²) in [7, 11) is -3.33. The molecule has 2 aromatic rings. The van der Waals surface area contributed by atoms with Crippen LogP contribution in [0, 0.1) is 5.92 Å². The molecule has 2 N–H and O–H groups in total. The van der Waals surface area contributed by atoms with Gasteiger partial charge in [-0.2, -0.15) is 5.10 Å². The zero-order valence-corrected chi connectivity index (χ0v) is 16.2. The molecule has 0 aliphatic carbocycles. The number of carbonyl (C=O) groups is 1. The minimum atomic E-state index is -3.33. The van der Waals surface area contributed by atoms with Crippen molar-refractivity contribution >= 4 is 27.2 Å². The standard InChI is InChI=1S/C19H23N5O3S/c25-19(14-12-24(13-14)18-2-1-9-21-23-18)22-15-3-5-16(6-4-15)28(26,27)17-7-10-20-11-8-17/h1-6,9,14,17,20H,7-8,10-13H2,(H,22,25). The van der Waals surface area contributed by atoms with Crippen molar-refractivity contribution in [2.45, 2.75) is 23.0 Å². The van der Waals surface area contributed by atoms with Gasteiger partial charge in [-0.15, -0.1) is 5.10 Å². The van der Waals surface area contributed by atoms with Gasteiger partial charge in [0.2, 0.25) is 5.91 Å². The maximum atomic E-state index is 12.7. The second-order valence-corrected chi connectivity index (χ2v) is 9.42. The highest BCUT2D eigenvalue weighted by Gasteiger charge is 2.34. The number of hydrogen-bond donors (Lipinski definition) is 2. The number of piperidine rings is 1. The lowest BCUT2D eigenvalue weighted by Gasteiger charge is -2.38. The molecule has 1 aromatic heterocycles. The number of nitrogens with zero attached hydrogens (tertiary/aromatic N) is 3. The predicted molar refractivity (Wildman–Crippen MR) is 106 cm³/mol. The average Bonchev–Trinajstić information content (AvgIpc) is 2.69. The summed E-state index contributed by atoms with van der Waals surface area (Å²) in [5, 5.41) is 13.6. The molecule has 2 fully saturated rings. The van der Waals surface area contributed by atoms with Crippen LogP contribution in [0.15, 0.2) is 47.5 Å². The number of nitrogens with one attached hydrogen (secondary N) is 2. The first-order valence-electron chi connectivity index (χ1n) is 9.42. The Balaban J connectivity index is 1.34. The van der Waals surface area contributed by atoms with Gasteiger partial charge >= 0.3 is 0 Å². The Labute approximate surface area is 164 Å². The van der Waals surface area contributed by atoms with Gasteiger partial charge in [0.05, 0.1) is 16.1 Å². The summed E-state index contributed by atoms with van der Waals surface area (Å²) in [6.07, 6.45) is 2.87. The summed E-state index contributed by atoms with van der Waals surface area (Å²) >= 11 is 0. The maximum Gasteiger partial charge on any atom is 0.231 e. The third-order valence-electron chi connectivity index (χ3n) is 5.31. The highest BCUT2D eigenvalue weighted by Crippen LogP contribution is 2.25. The van der Waals surface area contributed by atoms with Crippen molar-refractivity contribution in [2.24, 2.45) is 5.92 Å². The van der Waals surface area contributed by atoms with Gasteiger partial charge in [-0.1, -0.05) is 0 Å². The number of benzene rings is 1. The van der Waals surface area contributed by atoms with E-state index in [4.69, 9.17) is 0 Å². The molecule has 0 spiro atoms. The molecule has 0 bridgehead atoms. The third-order valence-corrected chi connectivity index (χ3v) is 7.59. The van der Waals surface area contributed by atoms with E-state index in [2.05, 4.69) is 20.8 Å². The van der Waals surface area contributed by atoms with Gasteiger partial charge in [0.25, 0.3) is 0 Å². The first-order chi connectivity index (χ1) is 13.5. The molecule has 4 rings (SSSR count). The number of sulfone groups is 1. The number of hydrogen-bond acceptors (Lipinski definition) is 7. The average molecular weight is 401 g/mol. The van der Waals surface area contributed by atoms with Crippen molar-refractivity contribution in [1.29, 1.82) is 0 Å². The van der Waals surface area contributed by atoms with E-state index in [-0.39, 0.29) is 17.1 Å². The van der Waals surface area contributed by atoms with E-state index < -0.39 is 9.84 Å². The molecule has 1 amide bonds. The van der Waals surface area contributed by atoms with E-state index in [9.17, 15) is 13.2 Å². The molecule has 0 saturated carbocycles. The summed E-state index contributed by atoms with van der Waals surface area (Å²) in [6, 6.07) is 10.2. The van der Waals surface area contributed by atoms with Gasteiger partial charge in [0.15, 0.2) is 15.7 Å². The Kier molecular flexibility index (Phi) is 5.27. The van der Waals surface area contributed by atoms with Gasteiger partial charge in [0, 0.05) is 25.0 Å². The molecule has 28 heavy (non-hydrogen) atoms. The van der Waals surface area contributed by atoms with E-state index >= 15 is 0 Å². The lowest BCUT2D eigenvalue weighted by Crippen LogP contribution is -2.52. The fourth-order valence-electron chi connectivity index (χ4n) is 3.56. The van der Waals surface area contributed by atoms with Crippen LogP contribution in [-0.2, 0) is 14.6 Å². The number of rotatable bonds is 5. The minimum Gasteiger partial charge on any atom is -0.353 e. The number of aromatic nitrogens is 2. The zero-order valence-electron chi connectivity index (χ0n) is 15.4. The first kappa shape index (κ1) is 18.8. The molecule has 1 aromatic carbocycles. The van der Waals surface area contributed by atoms with Gasteiger partial charge < -0.3 is 15.5 Å². The van der Waals surface area contributed by atoms with E-state index in [1.807, 2.05) is 17.0 Å². The van der Waals surface area contributed by atoms with Crippen LogP contribution in [0.4, 0.5) is 11.5 Å². The smallest absolute Gasteiger partial charge is 0.231 e. The summed E-state index contributed by atoms with van der Waals surface area (Å²) in [5.41, 5.74) is 0.604. The lowest BCUT2D eigenvalue weighted by atomic mass is 9.99. The SMILES string of the molecule is O=C(Nc1ccc(S(=O)(=O)C2CCNCC2)cc1)C1CN(c2cccnn2)C1. The normalized spacial score (nSPS) is 18.5. The summed E-state index contributed by atoms with van der Waals surface area (Å²) < 4.78 is 25.4. The van der Waals surface area contributed by atoms with Crippen LogP contribution in [0.3, 0.4) is 0 Å². The van der Waals surface area contributed by atoms with Crippen molar-refractivity contribution in [1.82, 2.24) is 15.5 Å². The predicted octanol–water partition coefficient (Wildman–Crippen LogP) is 1.08. The van der Waals surface area contributed by atoms with Crippen molar-refractivity contribution in [3.8, 4) is 0 Å². The number of anilines is 2. The first-order valence-corrected chi connectivity index (χ1v) is 11.0. The largest absolute Gasteiger partial charge is 0.353 e. The van der Waals surface area contributed by atoms with Gasteiger partial charge in [-0.25, -0.2) is 8.42 Å². The Morgan fingerprint density at radius 3 is 2.46 bits per heavy atom. The maximum absolute atomic E-state index is 12.7. The molecule has 2 saturated heterocycles. The van der Waals surface area contributed by atoms with Gasteiger partial charge in [0.1, 0.15) is 0 Å². The third kappa shape index (κ3) is 3.85. The number of carbonyl (C=O) groups excluding carboxylic acids is 1. The Morgan fingerprint density at radius 1 is 1.11 bits per heavy atom. The molecule has 0 atom stereocenters. The Morgan fingerprint density at radius 2 is 1.82 bits per heavy atom. The van der Waals surface area contributed by atoms with E-state index in [0.717, 1.165) is 18.9 Å². The molecule has 8 nitrogen and oxygen atoms in total. The van der Waals surface area contributed by atoms with Gasteiger partial charge in [-0.05, 0) is 62.3 Å².